The van der Waals surface area contributed by atoms with Crippen molar-refractivity contribution in [3.8, 4) is 0 Å². The van der Waals surface area contributed by atoms with Gasteiger partial charge in [-0.1, -0.05) is 25.8 Å². The Kier molecular flexibility index (Phi) is 5.20. The molecule has 2 atom stereocenters. The smallest absolute Gasteiger partial charge is 0.128 e. The third-order valence-electron chi connectivity index (χ3n) is 4.12. The fraction of sp³-hybridized carbons (Fsp3) is 0.688. The molecule has 0 aromatic carbocycles. The van der Waals surface area contributed by atoms with Crippen LogP contribution < -0.4 is 4.90 Å². The fourth-order valence-electron chi connectivity index (χ4n) is 2.92. The van der Waals surface area contributed by atoms with Crippen molar-refractivity contribution in [2.45, 2.75) is 52.1 Å². The molecule has 1 aromatic rings. The Morgan fingerprint density at radius 2 is 2.21 bits per heavy atom. The SMILES string of the molecule is CCCC1CCCN(c2ccc(C(C)O)cn2)CC1. The van der Waals surface area contributed by atoms with Gasteiger partial charge in [-0.3, -0.25) is 0 Å². The molecule has 0 bridgehead atoms. The van der Waals surface area contributed by atoms with Gasteiger partial charge in [0.25, 0.3) is 0 Å². The molecule has 0 radical (unpaired) electrons. The molecule has 3 heteroatoms. The second-order valence-electron chi connectivity index (χ2n) is 5.70. The van der Waals surface area contributed by atoms with Gasteiger partial charge in [-0.2, -0.15) is 0 Å². The van der Waals surface area contributed by atoms with Crippen LogP contribution in [0.3, 0.4) is 0 Å². The molecule has 1 fully saturated rings. The Morgan fingerprint density at radius 1 is 1.37 bits per heavy atom. The standard InChI is InChI=1S/C16H26N2O/c1-3-5-14-6-4-10-18(11-9-14)16-8-7-15(12-17-16)13(2)19/h7-8,12-14,19H,3-6,9-11H2,1-2H3. The number of aliphatic hydroxyl groups excluding tert-OH is 1. The third kappa shape index (κ3) is 3.93. The maximum Gasteiger partial charge on any atom is 0.128 e. The Balaban J connectivity index is 1.97. The highest BCUT2D eigenvalue weighted by Crippen LogP contribution is 2.25. The number of aromatic nitrogens is 1. The number of hydrogen-bond acceptors (Lipinski definition) is 3. The van der Waals surface area contributed by atoms with Crippen LogP contribution in [-0.2, 0) is 0 Å². The van der Waals surface area contributed by atoms with Crippen molar-refractivity contribution in [2.24, 2.45) is 5.92 Å². The topological polar surface area (TPSA) is 36.4 Å². The van der Waals surface area contributed by atoms with E-state index in [-0.39, 0.29) is 0 Å². The van der Waals surface area contributed by atoms with Crippen molar-refractivity contribution >= 4 is 5.82 Å². The summed E-state index contributed by atoms with van der Waals surface area (Å²) in [5, 5.41) is 9.51. The number of aliphatic hydroxyl groups is 1. The van der Waals surface area contributed by atoms with Crippen molar-refractivity contribution < 1.29 is 5.11 Å². The van der Waals surface area contributed by atoms with Gasteiger partial charge in [-0.15, -0.1) is 0 Å². The summed E-state index contributed by atoms with van der Waals surface area (Å²) >= 11 is 0. The summed E-state index contributed by atoms with van der Waals surface area (Å²) < 4.78 is 0. The second kappa shape index (κ2) is 6.90. The van der Waals surface area contributed by atoms with E-state index >= 15 is 0 Å². The molecule has 1 aliphatic heterocycles. The van der Waals surface area contributed by atoms with Crippen LogP contribution in [-0.4, -0.2) is 23.2 Å². The normalized spacial score (nSPS) is 22.1. The predicted octanol–water partition coefficient (Wildman–Crippen LogP) is 3.54. The Labute approximate surface area is 116 Å². The van der Waals surface area contributed by atoms with Crippen LogP contribution in [0.4, 0.5) is 5.82 Å². The fourth-order valence-corrected chi connectivity index (χ4v) is 2.92. The number of rotatable bonds is 4. The number of hydrogen-bond donors (Lipinski definition) is 1. The highest BCUT2D eigenvalue weighted by atomic mass is 16.3. The van der Waals surface area contributed by atoms with E-state index in [2.05, 4.69) is 16.8 Å². The zero-order chi connectivity index (χ0) is 13.7. The van der Waals surface area contributed by atoms with Crippen LogP contribution >= 0.6 is 0 Å². The molecule has 1 aromatic heterocycles. The molecule has 19 heavy (non-hydrogen) atoms. The van der Waals surface area contributed by atoms with Crippen molar-refractivity contribution in [3.63, 3.8) is 0 Å². The Morgan fingerprint density at radius 3 is 2.84 bits per heavy atom. The first-order valence-electron chi connectivity index (χ1n) is 7.59. The van der Waals surface area contributed by atoms with E-state index in [0.29, 0.717) is 0 Å². The van der Waals surface area contributed by atoms with Gasteiger partial charge in [0.1, 0.15) is 5.82 Å². The molecule has 1 N–H and O–H groups in total. The predicted molar refractivity (Wildman–Crippen MR) is 79.3 cm³/mol. The van der Waals surface area contributed by atoms with E-state index in [4.69, 9.17) is 0 Å². The Hall–Kier alpha value is -1.09. The molecular formula is C16H26N2O. The molecule has 2 heterocycles. The highest BCUT2D eigenvalue weighted by molar-refractivity contribution is 5.39. The average Bonchev–Trinajstić information content (AvgIpc) is 2.65. The minimum atomic E-state index is -0.431. The van der Waals surface area contributed by atoms with E-state index in [9.17, 15) is 5.11 Å². The first kappa shape index (κ1) is 14.3. The molecule has 2 rings (SSSR count). The summed E-state index contributed by atoms with van der Waals surface area (Å²) in [7, 11) is 0. The average molecular weight is 262 g/mol. The van der Waals surface area contributed by atoms with Gasteiger partial charge in [0, 0.05) is 19.3 Å². The second-order valence-corrected chi connectivity index (χ2v) is 5.70. The molecule has 0 amide bonds. The van der Waals surface area contributed by atoms with Gasteiger partial charge in [0.15, 0.2) is 0 Å². The number of pyridine rings is 1. The van der Waals surface area contributed by atoms with Gasteiger partial charge >= 0.3 is 0 Å². The zero-order valence-electron chi connectivity index (χ0n) is 12.2. The lowest BCUT2D eigenvalue weighted by Crippen LogP contribution is -2.25. The lowest BCUT2D eigenvalue weighted by atomic mass is 9.96. The molecule has 1 saturated heterocycles. The van der Waals surface area contributed by atoms with Gasteiger partial charge < -0.3 is 10.0 Å². The van der Waals surface area contributed by atoms with E-state index in [1.165, 1.54) is 32.1 Å². The summed E-state index contributed by atoms with van der Waals surface area (Å²) in [5.74, 6) is 1.95. The van der Waals surface area contributed by atoms with Gasteiger partial charge in [-0.25, -0.2) is 4.98 Å². The minimum absolute atomic E-state index is 0.431. The number of nitrogens with zero attached hydrogens (tertiary/aromatic N) is 2. The molecule has 0 saturated carbocycles. The molecule has 2 unspecified atom stereocenters. The van der Waals surface area contributed by atoms with Crippen molar-refractivity contribution in [2.75, 3.05) is 18.0 Å². The summed E-state index contributed by atoms with van der Waals surface area (Å²) in [6.45, 7) is 6.28. The lowest BCUT2D eigenvalue weighted by Gasteiger charge is -2.22. The van der Waals surface area contributed by atoms with Crippen molar-refractivity contribution in [1.82, 2.24) is 4.98 Å². The van der Waals surface area contributed by atoms with E-state index in [1.807, 2.05) is 12.1 Å². The maximum atomic E-state index is 9.51. The van der Waals surface area contributed by atoms with Crippen LogP contribution in [0.2, 0.25) is 0 Å². The first-order chi connectivity index (χ1) is 9.20. The maximum absolute atomic E-state index is 9.51. The molecule has 1 aliphatic rings. The van der Waals surface area contributed by atoms with Crippen molar-refractivity contribution in [3.05, 3.63) is 23.9 Å². The van der Waals surface area contributed by atoms with Crippen LogP contribution in [0.15, 0.2) is 18.3 Å². The summed E-state index contributed by atoms with van der Waals surface area (Å²) in [4.78, 5) is 6.89. The number of anilines is 1. The van der Waals surface area contributed by atoms with Crippen molar-refractivity contribution in [1.29, 1.82) is 0 Å². The van der Waals surface area contributed by atoms with Gasteiger partial charge in [-0.05, 0) is 43.7 Å². The van der Waals surface area contributed by atoms with Crippen LogP contribution in [0.1, 0.15) is 57.6 Å². The molecular weight excluding hydrogens is 236 g/mol. The van der Waals surface area contributed by atoms with Gasteiger partial charge in [0.2, 0.25) is 0 Å². The van der Waals surface area contributed by atoms with Crippen LogP contribution in [0, 0.1) is 5.92 Å². The first-order valence-corrected chi connectivity index (χ1v) is 7.59. The molecule has 0 spiro atoms. The van der Waals surface area contributed by atoms with Crippen LogP contribution in [0.5, 0.6) is 0 Å². The van der Waals surface area contributed by atoms with Gasteiger partial charge in [0.05, 0.1) is 6.10 Å². The molecule has 106 valence electrons. The lowest BCUT2D eigenvalue weighted by molar-refractivity contribution is 0.199. The highest BCUT2D eigenvalue weighted by Gasteiger charge is 2.17. The summed E-state index contributed by atoms with van der Waals surface area (Å²) in [6.07, 6.45) is 7.94. The minimum Gasteiger partial charge on any atom is -0.389 e. The Bertz CT molecular complexity index is 375. The van der Waals surface area contributed by atoms with Crippen LogP contribution in [0.25, 0.3) is 0 Å². The third-order valence-corrected chi connectivity index (χ3v) is 4.12. The zero-order valence-corrected chi connectivity index (χ0v) is 12.2. The summed E-state index contributed by atoms with van der Waals surface area (Å²) in [6, 6.07) is 4.03. The van der Waals surface area contributed by atoms with E-state index in [1.54, 1.807) is 13.1 Å². The monoisotopic (exact) mass is 262 g/mol. The molecule has 0 aliphatic carbocycles. The molecule has 3 nitrogen and oxygen atoms in total. The largest absolute Gasteiger partial charge is 0.389 e. The quantitative estimate of drug-likeness (QED) is 0.901. The summed E-state index contributed by atoms with van der Waals surface area (Å²) in [5.41, 5.74) is 0.891. The van der Waals surface area contributed by atoms with E-state index < -0.39 is 6.10 Å². The van der Waals surface area contributed by atoms with E-state index in [0.717, 1.165) is 30.4 Å².